The maximum absolute atomic E-state index is 13.6. The van der Waals surface area contributed by atoms with Gasteiger partial charge in [-0.1, -0.05) is 6.07 Å². The Morgan fingerprint density at radius 2 is 2.07 bits per heavy atom. The van der Waals surface area contributed by atoms with Crippen molar-refractivity contribution in [2.24, 2.45) is 0 Å². The molecule has 0 radical (unpaired) electrons. The number of amides is 1. The van der Waals surface area contributed by atoms with E-state index in [2.05, 4.69) is 20.5 Å². The monoisotopic (exact) mass is 419 g/mol. The van der Waals surface area contributed by atoms with Crippen LogP contribution in [0.5, 0.6) is 0 Å². The summed E-state index contributed by atoms with van der Waals surface area (Å²) in [5, 5.41) is 6.46. The Morgan fingerprint density at radius 1 is 1.33 bits per heavy atom. The lowest BCUT2D eigenvalue weighted by molar-refractivity contribution is -0.131. The van der Waals surface area contributed by atoms with Crippen molar-refractivity contribution in [1.82, 2.24) is 24.9 Å². The van der Waals surface area contributed by atoms with Crippen LogP contribution in [0.2, 0.25) is 0 Å². The lowest BCUT2D eigenvalue weighted by Crippen LogP contribution is -2.63. The molecule has 6 nitrogen and oxygen atoms in total. The highest BCUT2D eigenvalue weighted by molar-refractivity contribution is 5.83. The van der Waals surface area contributed by atoms with Gasteiger partial charge in [0.05, 0.1) is 17.3 Å². The van der Waals surface area contributed by atoms with Crippen LogP contribution in [0.3, 0.4) is 0 Å². The third-order valence-corrected chi connectivity index (χ3v) is 6.52. The van der Waals surface area contributed by atoms with Crippen LogP contribution >= 0.6 is 0 Å². The average molecular weight is 420 g/mol. The molecular formula is C22H31F2N5O. The number of alkyl halides is 2. The predicted molar refractivity (Wildman–Crippen MR) is 112 cm³/mol. The Hall–Kier alpha value is -2.06. The molecule has 2 N–H and O–H groups in total. The number of nitrogens with one attached hydrogen (secondary N) is 2. The number of imidazole rings is 1. The minimum absolute atomic E-state index is 0.0282. The molecule has 4 rings (SSSR count). The van der Waals surface area contributed by atoms with E-state index < -0.39 is 11.5 Å². The predicted octanol–water partition coefficient (Wildman–Crippen LogP) is 2.85. The number of piperazine rings is 1. The normalized spacial score (nSPS) is 23.6. The van der Waals surface area contributed by atoms with E-state index in [1.807, 2.05) is 49.7 Å². The van der Waals surface area contributed by atoms with Gasteiger partial charge in [-0.05, 0) is 45.2 Å². The van der Waals surface area contributed by atoms with Crippen LogP contribution in [0.15, 0.2) is 24.5 Å². The molecule has 0 bridgehead atoms. The van der Waals surface area contributed by atoms with E-state index in [-0.39, 0.29) is 30.8 Å². The van der Waals surface area contributed by atoms with Gasteiger partial charge in [0.25, 0.3) is 0 Å². The first-order valence-electron chi connectivity index (χ1n) is 10.8. The second-order valence-corrected chi connectivity index (χ2v) is 9.19. The number of hydrogen-bond acceptors (Lipinski definition) is 4. The Morgan fingerprint density at radius 3 is 2.80 bits per heavy atom. The number of rotatable bonds is 4. The Kier molecular flexibility index (Phi) is 5.57. The third-order valence-electron chi connectivity index (χ3n) is 6.52. The van der Waals surface area contributed by atoms with Gasteiger partial charge in [0.15, 0.2) is 0 Å². The number of halogens is 2. The van der Waals surface area contributed by atoms with Crippen LogP contribution < -0.4 is 10.6 Å². The number of aryl methyl sites for hydroxylation is 1. The standard InChI is InChI=1S/C22H31F2N5O/c1-15-5-4-11-29-17(15)14-26-20(29)21(2,3)27-19(30)18-13-25-10-12-28(18)16-6-8-22(23,24)9-7-16/h4-5,11,14,16,18,25H,6-10,12-13H2,1-3H3,(H,27,30)/t18-/m0/s1. The van der Waals surface area contributed by atoms with Gasteiger partial charge < -0.3 is 15.0 Å². The van der Waals surface area contributed by atoms with Crippen molar-refractivity contribution in [2.45, 2.75) is 70.0 Å². The van der Waals surface area contributed by atoms with Gasteiger partial charge in [-0.25, -0.2) is 13.8 Å². The highest BCUT2D eigenvalue weighted by atomic mass is 19.3. The van der Waals surface area contributed by atoms with Crippen LogP contribution in [0.4, 0.5) is 8.78 Å². The molecule has 1 saturated heterocycles. The fourth-order valence-corrected chi connectivity index (χ4v) is 4.83. The second kappa shape index (κ2) is 7.89. The molecule has 1 saturated carbocycles. The number of hydrogen-bond donors (Lipinski definition) is 2. The van der Waals surface area contributed by atoms with E-state index in [9.17, 15) is 13.6 Å². The first kappa shape index (κ1) is 21.2. The molecule has 1 amide bonds. The zero-order valence-corrected chi connectivity index (χ0v) is 17.9. The molecule has 30 heavy (non-hydrogen) atoms. The van der Waals surface area contributed by atoms with Crippen molar-refractivity contribution in [2.75, 3.05) is 19.6 Å². The molecule has 0 aromatic carbocycles. The molecule has 1 aliphatic heterocycles. The lowest BCUT2D eigenvalue weighted by atomic mass is 9.89. The Labute approximate surface area is 176 Å². The summed E-state index contributed by atoms with van der Waals surface area (Å²) in [6, 6.07) is 3.66. The van der Waals surface area contributed by atoms with Crippen molar-refractivity contribution in [3.8, 4) is 0 Å². The summed E-state index contributed by atoms with van der Waals surface area (Å²) in [6.45, 7) is 7.92. The summed E-state index contributed by atoms with van der Waals surface area (Å²) < 4.78 is 29.2. The topological polar surface area (TPSA) is 61.7 Å². The summed E-state index contributed by atoms with van der Waals surface area (Å²) in [6.07, 6.45) is 4.46. The van der Waals surface area contributed by atoms with E-state index in [1.165, 1.54) is 0 Å². The molecule has 2 aromatic rings. The van der Waals surface area contributed by atoms with Gasteiger partial charge in [0, 0.05) is 44.7 Å². The molecule has 164 valence electrons. The SMILES string of the molecule is Cc1cccn2c(C(C)(C)NC(=O)[C@@H]3CNCCN3C3CCC(F)(F)CC3)ncc12. The first-order valence-corrected chi connectivity index (χ1v) is 10.8. The van der Waals surface area contributed by atoms with Crippen LogP contribution in [0.1, 0.15) is 50.9 Å². The third kappa shape index (κ3) is 4.07. The highest BCUT2D eigenvalue weighted by Crippen LogP contribution is 2.36. The van der Waals surface area contributed by atoms with Crippen LogP contribution in [0.25, 0.3) is 5.52 Å². The molecule has 2 aromatic heterocycles. The van der Waals surface area contributed by atoms with Gasteiger partial charge in [-0.15, -0.1) is 0 Å². The van der Waals surface area contributed by atoms with Gasteiger partial charge in [-0.2, -0.15) is 0 Å². The maximum Gasteiger partial charge on any atom is 0.248 e. The highest BCUT2D eigenvalue weighted by Gasteiger charge is 2.42. The summed E-state index contributed by atoms with van der Waals surface area (Å²) in [5.41, 5.74) is 1.45. The molecular weight excluding hydrogens is 388 g/mol. The smallest absolute Gasteiger partial charge is 0.248 e. The number of carbonyl (C=O) groups excluding carboxylic acids is 1. The molecule has 2 aliphatic rings. The van der Waals surface area contributed by atoms with Crippen LogP contribution in [-0.4, -0.2) is 57.8 Å². The minimum Gasteiger partial charge on any atom is -0.343 e. The molecule has 1 atom stereocenters. The molecule has 2 fully saturated rings. The van der Waals surface area contributed by atoms with E-state index in [1.54, 1.807) is 0 Å². The Bertz CT molecular complexity index is 915. The van der Waals surface area contributed by atoms with E-state index >= 15 is 0 Å². The summed E-state index contributed by atoms with van der Waals surface area (Å²) in [4.78, 5) is 20.0. The van der Waals surface area contributed by atoms with Crippen molar-refractivity contribution >= 4 is 11.4 Å². The van der Waals surface area contributed by atoms with Gasteiger partial charge in [0.1, 0.15) is 11.9 Å². The molecule has 0 spiro atoms. The Balaban J connectivity index is 1.51. The number of nitrogens with zero attached hydrogens (tertiary/aromatic N) is 3. The lowest BCUT2D eigenvalue weighted by Gasteiger charge is -2.44. The molecule has 0 unspecified atom stereocenters. The van der Waals surface area contributed by atoms with Crippen LogP contribution in [-0.2, 0) is 10.3 Å². The van der Waals surface area contributed by atoms with E-state index in [0.29, 0.717) is 25.9 Å². The van der Waals surface area contributed by atoms with Gasteiger partial charge in [-0.3, -0.25) is 9.69 Å². The molecule has 3 heterocycles. The zero-order chi connectivity index (χ0) is 21.5. The number of aromatic nitrogens is 2. The summed E-state index contributed by atoms with van der Waals surface area (Å²) in [7, 11) is 0. The summed E-state index contributed by atoms with van der Waals surface area (Å²) in [5.74, 6) is -1.89. The number of fused-ring (bicyclic) bond motifs is 1. The van der Waals surface area contributed by atoms with E-state index in [0.717, 1.165) is 23.4 Å². The molecule has 8 heteroatoms. The fourth-order valence-electron chi connectivity index (χ4n) is 4.83. The second-order valence-electron chi connectivity index (χ2n) is 9.19. The number of carbonyl (C=O) groups is 1. The van der Waals surface area contributed by atoms with Crippen molar-refractivity contribution in [3.63, 3.8) is 0 Å². The minimum atomic E-state index is -2.57. The molecule has 1 aliphatic carbocycles. The maximum atomic E-state index is 13.6. The average Bonchev–Trinajstić information content (AvgIpc) is 3.14. The van der Waals surface area contributed by atoms with Crippen molar-refractivity contribution < 1.29 is 13.6 Å². The number of pyridine rings is 1. The largest absolute Gasteiger partial charge is 0.343 e. The van der Waals surface area contributed by atoms with Crippen LogP contribution in [0, 0.1) is 6.92 Å². The fraction of sp³-hybridized carbons (Fsp3) is 0.636. The first-order chi connectivity index (χ1) is 14.2. The van der Waals surface area contributed by atoms with E-state index in [4.69, 9.17) is 0 Å². The van der Waals surface area contributed by atoms with Gasteiger partial charge >= 0.3 is 0 Å². The zero-order valence-electron chi connectivity index (χ0n) is 17.9. The van der Waals surface area contributed by atoms with Crippen molar-refractivity contribution in [1.29, 1.82) is 0 Å². The van der Waals surface area contributed by atoms with Crippen molar-refractivity contribution in [3.05, 3.63) is 35.9 Å². The van der Waals surface area contributed by atoms with Gasteiger partial charge in [0.2, 0.25) is 11.8 Å². The quantitative estimate of drug-likeness (QED) is 0.800. The summed E-state index contributed by atoms with van der Waals surface area (Å²) >= 11 is 0.